The summed E-state index contributed by atoms with van der Waals surface area (Å²) in [5.41, 5.74) is 0. The molecule has 0 aliphatic rings. The first-order valence-electron chi connectivity index (χ1n) is 5.68. The Morgan fingerprint density at radius 2 is 1.95 bits per heavy atom. The van der Waals surface area contributed by atoms with Gasteiger partial charge in [-0.2, -0.15) is 15.0 Å². The predicted octanol–water partition coefficient (Wildman–Crippen LogP) is 3.23. The molecule has 0 radical (unpaired) electrons. The molecule has 1 N–H and O–H groups in total. The molecule has 0 fully saturated rings. The van der Waals surface area contributed by atoms with E-state index in [1.54, 1.807) is 7.11 Å². The molecule has 1 aromatic heterocycles. The Labute approximate surface area is 124 Å². The lowest BCUT2D eigenvalue weighted by Crippen LogP contribution is -2.05. The summed E-state index contributed by atoms with van der Waals surface area (Å²) in [5, 5.41) is 3.66. The second kappa shape index (κ2) is 6.72. The van der Waals surface area contributed by atoms with E-state index < -0.39 is 0 Å². The molecule has 0 aliphatic carbocycles. The van der Waals surface area contributed by atoms with Crippen molar-refractivity contribution in [3.63, 3.8) is 0 Å². The molecule has 0 amide bonds. The summed E-state index contributed by atoms with van der Waals surface area (Å²) in [6, 6.07) is 8.26. The molecular weight excluding hydrogens is 328 g/mol. The first-order chi connectivity index (χ1) is 9.21. The van der Waals surface area contributed by atoms with E-state index in [9.17, 15) is 0 Å². The van der Waals surface area contributed by atoms with Crippen LogP contribution in [-0.2, 0) is 0 Å². The largest absolute Gasteiger partial charge is 0.467 e. The molecule has 1 heterocycles. The molecule has 0 atom stereocenters. The van der Waals surface area contributed by atoms with Crippen LogP contribution in [0.1, 0.15) is 6.92 Å². The molecule has 0 saturated heterocycles. The van der Waals surface area contributed by atoms with Crippen LogP contribution in [0.25, 0.3) is 0 Å². The maximum absolute atomic E-state index is 5.08. The van der Waals surface area contributed by atoms with Crippen LogP contribution in [0.4, 0.5) is 5.95 Å². The Kier molecular flexibility index (Phi) is 4.98. The normalized spacial score (nSPS) is 10.3. The van der Waals surface area contributed by atoms with Gasteiger partial charge in [0.05, 0.1) is 7.11 Å². The molecule has 5 nitrogen and oxygen atoms in total. The van der Waals surface area contributed by atoms with Gasteiger partial charge in [0.15, 0.2) is 0 Å². The Hall–Kier alpha value is -1.34. The maximum Gasteiger partial charge on any atom is 0.321 e. The molecule has 2 aromatic rings. The fourth-order valence-corrected chi connectivity index (χ4v) is 2.32. The zero-order valence-electron chi connectivity index (χ0n) is 10.6. The summed E-state index contributed by atoms with van der Waals surface area (Å²) in [4.78, 5) is 13.7. The Morgan fingerprint density at radius 1 is 1.21 bits per heavy atom. The zero-order chi connectivity index (χ0) is 13.7. The molecule has 0 bridgehead atoms. The lowest BCUT2D eigenvalue weighted by Gasteiger charge is -2.06. The van der Waals surface area contributed by atoms with Crippen LogP contribution in [0.5, 0.6) is 6.01 Å². The molecule has 0 spiro atoms. The number of nitrogens with one attached hydrogen (secondary N) is 1. The number of ether oxygens (including phenoxy) is 1. The highest BCUT2D eigenvalue weighted by Gasteiger charge is 2.07. The van der Waals surface area contributed by atoms with Crippen molar-refractivity contribution in [2.75, 3.05) is 19.0 Å². The smallest absolute Gasteiger partial charge is 0.321 e. The molecular formula is C12H13BrN4OS. The van der Waals surface area contributed by atoms with E-state index in [0.29, 0.717) is 17.1 Å². The molecule has 19 heavy (non-hydrogen) atoms. The van der Waals surface area contributed by atoms with E-state index in [4.69, 9.17) is 4.74 Å². The number of nitrogens with zero attached hydrogens (tertiary/aromatic N) is 3. The van der Waals surface area contributed by atoms with Crippen molar-refractivity contribution >= 4 is 33.6 Å². The number of aromatic nitrogens is 3. The highest BCUT2D eigenvalue weighted by atomic mass is 79.9. The third kappa shape index (κ3) is 4.07. The minimum atomic E-state index is 0.311. The summed E-state index contributed by atoms with van der Waals surface area (Å²) in [5.74, 6) is 0.522. The molecule has 0 aliphatic heterocycles. The van der Waals surface area contributed by atoms with Crippen LogP contribution >= 0.6 is 27.7 Å². The van der Waals surface area contributed by atoms with E-state index in [1.807, 2.05) is 31.2 Å². The highest BCUT2D eigenvalue weighted by Crippen LogP contribution is 2.27. The summed E-state index contributed by atoms with van der Waals surface area (Å²) in [7, 11) is 1.54. The van der Waals surface area contributed by atoms with Gasteiger partial charge in [-0.15, -0.1) is 0 Å². The Morgan fingerprint density at radius 3 is 2.58 bits per heavy atom. The van der Waals surface area contributed by atoms with Gasteiger partial charge in [-0.3, -0.25) is 0 Å². The van der Waals surface area contributed by atoms with Crippen molar-refractivity contribution in [2.24, 2.45) is 0 Å². The van der Waals surface area contributed by atoms with Crippen molar-refractivity contribution in [1.29, 1.82) is 0 Å². The van der Waals surface area contributed by atoms with Gasteiger partial charge >= 0.3 is 6.01 Å². The number of halogens is 1. The molecule has 0 unspecified atom stereocenters. The third-order valence-electron chi connectivity index (χ3n) is 2.13. The summed E-state index contributed by atoms with van der Waals surface area (Å²) >= 11 is 4.87. The average molecular weight is 341 g/mol. The minimum absolute atomic E-state index is 0.311. The van der Waals surface area contributed by atoms with Gasteiger partial charge in [0.1, 0.15) is 0 Å². The number of benzene rings is 1. The van der Waals surface area contributed by atoms with Crippen LogP contribution < -0.4 is 10.1 Å². The Bertz CT molecular complexity index is 550. The van der Waals surface area contributed by atoms with Gasteiger partial charge in [0.25, 0.3) is 0 Å². The second-order valence-electron chi connectivity index (χ2n) is 3.51. The van der Waals surface area contributed by atoms with Crippen LogP contribution in [0, 0.1) is 0 Å². The van der Waals surface area contributed by atoms with Crippen LogP contribution in [0.15, 0.2) is 38.8 Å². The highest BCUT2D eigenvalue weighted by molar-refractivity contribution is 9.10. The number of hydrogen-bond acceptors (Lipinski definition) is 6. The Balaban J connectivity index is 2.23. The number of methoxy groups -OCH3 is 1. The third-order valence-corrected chi connectivity index (χ3v) is 3.54. The molecule has 0 saturated carbocycles. The van der Waals surface area contributed by atoms with Crippen molar-refractivity contribution in [3.05, 3.63) is 28.7 Å². The molecule has 1 aromatic carbocycles. The monoisotopic (exact) mass is 340 g/mol. The molecule has 2 rings (SSSR count). The SMILES string of the molecule is CCNc1nc(OC)nc(Sc2ccc(Br)cc2)n1. The zero-order valence-corrected chi connectivity index (χ0v) is 13.0. The first-order valence-corrected chi connectivity index (χ1v) is 7.29. The number of hydrogen-bond donors (Lipinski definition) is 1. The van der Waals surface area contributed by atoms with Gasteiger partial charge in [0.2, 0.25) is 11.1 Å². The van der Waals surface area contributed by atoms with Crippen molar-refractivity contribution < 1.29 is 4.74 Å². The summed E-state index contributed by atoms with van der Waals surface area (Å²) in [6.45, 7) is 2.73. The predicted molar refractivity (Wildman–Crippen MR) is 78.8 cm³/mol. The van der Waals surface area contributed by atoms with Gasteiger partial charge in [0, 0.05) is 15.9 Å². The lowest BCUT2D eigenvalue weighted by atomic mass is 10.4. The summed E-state index contributed by atoms with van der Waals surface area (Å²) in [6.07, 6.45) is 0. The molecule has 100 valence electrons. The van der Waals surface area contributed by atoms with Gasteiger partial charge < -0.3 is 10.1 Å². The van der Waals surface area contributed by atoms with E-state index in [1.165, 1.54) is 11.8 Å². The number of rotatable bonds is 5. The average Bonchev–Trinajstić information content (AvgIpc) is 2.41. The standard InChI is InChI=1S/C12H13BrN4OS/c1-3-14-10-15-11(18-2)17-12(16-10)19-9-6-4-8(13)5-7-9/h4-7H,3H2,1-2H3,(H,14,15,16,17). The van der Waals surface area contributed by atoms with Crippen LogP contribution in [0.2, 0.25) is 0 Å². The van der Waals surface area contributed by atoms with Crippen molar-refractivity contribution in [3.8, 4) is 6.01 Å². The first kappa shape index (κ1) is 14.1. The van der Waals surface area contributed by atoms with E-state index in [2.05, 4.69) is 36.2 Å². The lowest BCUT2D eigenvalue weighted by molar-refractivity contribution is 0.373. The summed E-state index contributed by atoms with van der Waals surface area (Å²) < 4.78 is 6.12. The number of anilines is 1. The second-order valence-corrected chi connectivity index (χ2v) is 5.47. The maximum atomic E-state index is 5.08. The van der Waals surface area contributed by atoms with Crippen LogP contribution in [0.3, 0.4) is 0 Å². The van der Waals surface area contributed by atoms with Crippen molar-refractivity contribution in [1.82, 2.24) is 15.0 Å². The van der Waals surface area contributed by atoms with Crippen molar-refractivity contribution in [2.45, 2.75) is 17.0 Å². The quantitative estimate of drug-likeness (QED) is 0.901. The molecule has 7 heteroatoms. The minimum Gasteiger partial charge on any atom is -0.467 e. The van der Waals surface area contributed by atoms with E-state index >= 15 is 0 Å². The topological polar surface area (TPSA) is 59.9 Å². The fourth-order valence-electron chi connectivity index (χ4n) is 1.32. The van der Waals surface area contributed by atoms with E-state index in [0.717, 1.165) is 15.9 Å². The van der Waals surface area contributed by atoms with Gasteiger partial charge in [-0.25, -0.2) is 0 Å². The van der Waals surface area contributed by atoms with Gasteiger partial charge in [-0.05, 0) is 43.0 Å². The van der Waals surface area contributed by atoms with Gasteiger partial charge in [-0.1, -0.05) is 15.9 Å². The van der Waals surface area contributed by atoms with E-state index in [-0.39, 0.29) is 0 Å². The fraction of sp³-hybridized carbons (Fsp3) is 0.250. The van der Waals surface area contributed by atoms with Crippen LogP contribution in [-0.4, -0.2) is 28.6 Å².